The van der Waals surface area contributed by atoms with E-state index in [1.54, 1.807) is 12.1 Å². The predicted octanol–water partition coefficient (Wildman–Crippen LogP) is 1.83. The normalized spacial score (nSPS) is 19.4. The van der Waals surface area contributed by atoms with Crippen LogP contribution in [0.25, 0.3) is 11.4 Å². The molecule has 104 valence electrons. The second-order valence-corrected chi connectivity index (χ2v) is 5.18. The number of rotatable bonds is 2. The number of nitrogens with one attached hydrogen (secondary N) is 1. The van der Waals surface area contributed by atoms with Crippen molar-refractivity contribution in [1.29, 1.82) is 0 Å². The monoisotopic (exact) mass is 291 g/mol. The van der Waals surface area contributed by atoms with E-state index in [0.29, 0.717) is 17.4 Å². The number of tetrazole rings is 1. The predicted molar refractivity (Wildman–Crippen MR) is 74.2 cm³/mol. The Kier molecular flexibility index (Phi) is 3.64. The Labute approximate surface area is 121 Å². The maximum Gasteiger partial charge on any atom is 0.246 e. The lowest BCUT2D eigenvalue weighted by molar-refractivity contribution is -0.124. The summed E-state index contributed by atoms with van der Waals surface area (Å²) in [4.78, 5) is 13.4. The molecule has 2 heterocycles. The Morgan fingerprint density at radius 3 is 3.10 bits per heavy atom. The molecule has 6 nitrogen and oxygen atoms in total. The van der Waals surface area contributed by atoms with E-state index >= 15 is 0 Å². The second kappa shape index (κ2) is 5.58. The van der Waals surface area contributed by atoms with Crippen LogP contribution in [0.5, 0.6) is 0 Å². The highest BCUT2D eigenvalue weighted by Crippen LogP contribution is 2.21. The quantitative estimate of drug-likeness (QED) is 0.916. The van der Waals surface area contributed by atoms with Gasteiger partial charge in [0.1, 0.15) is 0 Å². The lowest BCUT2D eigenvalue weighted by atomic mass is 10.1. The van der Waals surface area contributed by atoms with Gasteiger partial charge in [-0.25, -0.2) is 0 Å². The van der Waals surface area contributed by atoms with Gasteiger partial charge in [-0.05, 0) is 36.6 Å². The molecule has 7 heteroatoms. The Morgan fingerprint density at radius 1 is 1.35 bits per heavy atom. The van der Waals surface area contributed by atoms with Gasteiger partial charge >= 0.3 is 0 Å². The fourth-order valence-electron chi connectivity index (χ4n) is 2.24. The Bertz CT molecular complexity index is 627. The van der Waals surface area contributed by atoms with Gasteiger partial charge in [-0.1, -0.05) is 23.7 Å². The maximum absolute atomic E-state index is 12.0. The SMILES string of the molecule is O=C1NCCCCC1n1nnc(-c2cccc(Cl)c2)n1. The molecular weight excluding hydrogens is 278 g/mol. The lowest BCUT2D eigenvalue weighted by Gasteiger charge is -2.10. The highest BCUT2D eigenvalue weighted by atomic mass is 35.5. The van der Waals surface area contributed by atoms with Crippen LogP contribution in [0.4, 0.5) is 0 Å². The van der Waals surface area contributed by atoms with E-state index in [0.717, 1.165) is 24.8 Å². The highest BCUT2D eigenvalue weighted by molar-refractivity contribution is 6.30. The molecule has 2 aromatic rings. The molecule has 1 saturated heterocycles. The van der Waals surface area contributed by atoms with Crippen LogP contribution in [0.3, 0.4) is 0 Å². The zero-order valence-electron chi connectivity index (χ0n) is 10.8. The summed E-state index contributed by atoms with van der Waals surface area (Å²) in [6, 6.07) is 6.87. The molecule has 1 aliphatic heterocycles. The van der Waals surface area contributed by atoms with Crippen molar-refractivity contribution in [3.05, 3.63) is 29.3 Å². The third-order valence-electron chi connectivity index (χ3n) is 3.30. The van der Waals surface area contributed by atoms with Gasteiger partial charge in [0.2, 0.25) is 11.7 Å². The summed E-state index contributed by atoms with van der Waals surface area (Å²) in [7, 11) is 0. The molecule has 1 aliphatic rings. The fourth-order valence-corrected chi connectivity index (χ4v) is 2.43. The highest BCUT2D eigenvalue weighted by Gasteiger charge is 2.25. The molecule has 1 N–H and O–H groups in total. The third-order valence-corrected chi connectivity index (χ3v) is 3.53. The van der Waals surface area contributed by atoms with Crippen LogP contribution in [0, 0.1) is 0 Å². The van der Waals surface area contributed by atoms with Crippen molar-refractivity contribution in [2.45, 2.75) is 25.3 Å². The van der Waals surface area contributed by atoms with Crippen LogP contribution in [0.15, 0.2) is 24.3 Å². The number of nitrogens with zero attached hydrogens (tertiary/aromatic N) is 4. The molecule has 0 aliphatic carbocycles. The van der Waals surface area contributed by atoms with Crippen LogP contribution in [0.2, 0.25) is 5.02 Å². The molecule has 20 heavy (non-hydrogen) atoms. The summed E-state index contributed by atoms with van der Waals surface area (Å²) in [6.45, 7) is 0.713. The number of hydrogen-bond acceptors (Lipinski definition) is 4. The third kappa shape index (κ3) is 2.65. The topological polar surface area (TPSA) is 72.7 Å². The second-order valence-electron chi connectivity index (χ2n) is 4.75. The molecule has 1 aromatic heterocycles. The van der Waals surface area contributed by atoms with E-state index in [1.165, 1.54) is 4.80 Å². The van der Waals surface area contributed by atoms with Gasteiger partial charge in [-0.2, -0.15) is 4.80 Å². The molecule has 1 fully saturated rings. The molecule has 0 spiro atoms. The average molecular weight is 292 g/mol. The van der Waals surface area contributed by atoms with Crippen LogP contribution in [-0.2, 0) is 4.79 Å². The van der Waals surface area contributed by atoms with Crippen molar-refractivity contribution in [2.24, 2.45) is 0 Å². The van der Waals surface area contributed by atoms with Crippen molar-refractivity contribution in [3.63, 3.8) is 0 Å². The first-order valence-corrected chi connectivity index (χ1v) is 6.95. The summed E-state index contributed by atoms with van der Waals surface area (Å²) < 4.78 is 0. The molecule has 0 radical (unpaired) electrons. The van der Waals surface area contributed by atoms with Crippen LogP contribution >= 0.6 is 11.6 Å². The van der Waals surface area contributed by atoms with E-state index in [4.69, 9.17) is 11.6 Å². The molecule has 1 aromatic carbocycles. The first-order valence-electron chi connectivity index (χ1n) is 6.57. The molecule has 1 unspecified atom stereocenters. The average Bonchev–Trinajstić information content (AvgIpc) is 2.82. The Balaban J connectivity index is 1.87. The van der Waals surface area contributed by atoms with Gasteiger partial charge in [0.15, 0.2) is 6.04 Å². The molecular formula is C13H14ClN5O. The van der Waals surface area contributed by atoms with E-state index in [-0.39, 0.29) is 11.9 Å². The number of carbonyl (C=O) groups excluding carboxylic acids is 1. The minimum absolute atomic E-state index is 0.0439. The summed E-state index contributed by atoms with van der Waals surface area (Å²) in [5.41, 5.74) is 0.790. The molecule has 0 bridgehead atoms. The molecule has 1 atom stereocenters. The van der Waals surface area contributed by atoms with E-state index < -0.39 is 0 Å². The van der Waals surface area contributed by atoms with Crippen LogP contribution in [0.1, 0.15) is 25.3 Å². The first kappa shape index (κ1) is 13.1. The van der Waals surface area contributed by atoms with Crippen molar-refractivity contribution < 1.29 is 4.79 Å². The van der Waals surface area contributed by atoms with Crippen molar-refractivity contribution >= 4 is 17.5 Å². The fraction of sp³-hybridized carbons (Fsp3) is 0.385. The Morgan fingerprint density at radius 2 is 2.25 bits per heavy atom. The van der Waals surface area contributed by atoms with Crippen molar-refractivity contribution in [3.8, 4) is 11.4 Å². The molecule has 3 rings (SSSR count). The summed E-state index contributed by atoms with van der Waals surface area (Å²) >= 11 is 5.95. The van der Waals surface area contributed by atoms with Crippen molar-refractivity contribution in [2.75, 3.05) is 6.54 Å². The minimum Gasteiger partial charge on any atom is -0.354 e. The summed E-state index contributed by atoms with van der Waals surface area (Å²) in [5, 5.41) is 15.8. The number of amides is 1. The number of halogens is 1. The molecule has 0 saturated carbocycles. The smallest absolute Gasteiger partial charge is 0.246 e. The number of benzene rings is 1. The van der Waals surface area contributed by atoms with Crippen LogP contribution < -0.4 is 5.32 Å². The van der Waals surface area contributed by atoms with Crippen LogP contribution in [-0.4, -0.2) is 32.7 Å². The van der Waals surface area contributed by atoms with Gasteiger partial charge in [-0.3, -0.25) is 4.79 Å². The lowest BCUT2D eigenvalue weighted by Crippen LogP contribution is -2.32. The van der Waals surface area contributed by atoms with Gasteiger partial charge in [0.05, 0.1) is 0 Å². The van der Waals surface area contributed by atoms with E-state index in [1.807, 2.05) is 12.1 Å². The van der Waals surface area contributed by atoms with Gasteiger partial charge in [-0.15, -0.1) is 10.2 Å². The zero-order chi connectivity index (χ0) is 13.9. The largest absolute Gasteiger partial charge is 0.354 e. The number of aromatic nitrogens is 4. The summed E-state index contributed by atoms with van der Waals surface area (Å²) in [6.07, 6.45) is 2.69. The summed E-state index contributed by atoms with van der Waals surface area (Å²) in [5.74, 6) is 0.432. The number of carbonyl (C=O) groups is 1. The van der Waals surface area contributed by atoms with Gasteiger partial charge in [0.25, 0.3) is 0 Å². The van der Waals surface area contributed by atoms with E-state index in [2.05, 4.69) is 20.7 Å². The number of hydrogen-bond donors (Lipinski definition) is 1. The first-order chi connectivity index (χ1) is 9.74. The zero-order valence-corrected chi connectivity index (χ0v) is 11.5. The standard InChI is InChI=1S/C13H14ClN5O/c14-10-5-3-4-9(8-10)12-16-18-19(17-12)11-6-1-2-7-15-13(11)20/h3-5,8,11H,1-2,6-7H2,(H,15,20). The maximum atomic E-state index is 12.0. The minimum atomic E-state index is -0.377. The van der Waals surface area contributed by atoms with Crippen molar-refractivity contribution in [1.82, 2.24) is 25.5 Å². The Hall–Kier alpha value is -1.95. The molecule has 1 amide bonds. The van der Waals surface area contributed by atoms with E-state index in [9.17, 15) is 4.79 Å². The van der Waals surface area contributed by atoms with Gasteiger partial charge < -0.3 is 5.32 Å². The van der Waals surface area contributed by atoms with Gasteiger partial charge in [0, 0.05) is 17.1 Å².